The van der Waals surface area contributed by atoms with Gasteiger partial charge >= 0.3 is 0 Å². The molecular weight excluding hydrogens is 202 g/mol. The number of sulfone groups is 1. The highest BCUT2D eigenvalue weighted by Gasteiger charge is 2.25. The van der Waals surface area contributed by atoms with Crippen LogP contribution in [0.25, 0.3) is 0 Å². The van der Waals surface area contributed by atoms with Crippen molar-refractivity contribution < 1.29 is 13.5 Å². The van der Waals surface area contributed by atoms with Crippen LogP contribution in [0.4, 0.5) is 0 Å². The summed E-state index contributed by atoms with van der Waals surface area (Å²) in [6.45, 7) is 5.35. The highest BCUT2D eigenvalue weighted by Crippen LogP contribution is 2.20. The average Bonchev–Trinajstić information content (AvgIpc) is 2.14. The van der Waals surface area contributed by atoms with Gasteiger partial charge in [0.25, 0.3) is 0 Å². The van der Waals surface area contributed by atoms with Gasteiger partial charge in [-0.15, -0.1) is 0 Å². The van der Waals surface area contributed by atoms with Crippen LogP contribution in [0.1, 0.15) is 27.2 Å². The first-order chi connectivity index (χ1) is 6.27. The summed E-state index contributed by atoms with van der Waals surface area (Å²) < 4.78 is 23.0. The van der Waals surface area contributed by atoms with E-state index in [9.17, 15) is 8.42 Å². The third kappa shape index (κ3) is 3.94. The molecule has 0 aromatic carbocycles. The zero-order valence-electron chi connectivity index (χ0n) is 9.16. The van der Waals surface area contributed by atoms with E-state index in [0.717, 1.165) is 0 Å². The summed E-state index contributed by atoms with van der Waals surface area (Å²) in [5.41, 5.74) is 5.00. The van der Waals surface area contributed by atoms with Crippen molar-refractivity contribution in [3.63, 3.8) is 0 Å². The maximum atomic E-state index is 11.5. The summed E-state index contributed by atoms with van der Waals surface area (Å²) in [5, 5.41) is 8.69. The largest absolute Gasteiger partial charge is 0.396 e. The lowest BCUT2D eigenvalue weighted by molar-refractivity contribution is 0.146. The molecule has 0 aliphatic rings. The molecule has 0 radical (unpaired) electrons. The van der Waals surface area contributed by atoms with Gasteiger partial charge in [-0.05, 0) is 26.8 Å². The fourth-order valence-electron chi connectivity index (χ4n) is 0.870. The van der Waals surface area contributed by atoms with Crippen LogP contribution in [0.15, 0.2) is 0 Å². The molecule has 0 rings (SSSR count). The van der Waals surface area contributed by atoms with E-state index in [1.54, 1.807) is 20.8 Å². The van der Waals surface area contributed by atoms with Gasteiger partial charge in [-0.3, -0.25) is 0 Å². The summed E-state index contributed by atoms with van der Waals surface area (Å²) in [7, 11) is -3.02. The number of aliphatic hydroxyl groups is 1. The van der Waals surface area contributed by atoms with E-state index in [2.05, 4.69) is 0 Å². The summed E-state index contributed by atoms with van der Waals surface area (Å²) >= 11 is 0. The summed E-state index contributed by atoms with van der Waals surface area (Å²) in [6, 6.07) is 0. The maximum Gasteiger partial charge on any atom is 0.152 e. The molecule has 1 atom stereocenters. The van der Waals surface area contributed by atoms with Crippen LogP contribution in [0.2, 0.25) is 0 Å². The Labute approximate surface area is 86.4 Å². The molecule has 5 heteroatoms. The van der Waals surface area contributed by atoms with Crippen molar-refractivity contribution in [2.24, 2.45) is 11.1 Å². The highest BCUT2D eigenvalue weighted by atomic mass is 32.2. The third-order valence-electron chi connectivity index (χ3n) is 2.58. The van der Waals surface area contributed by atoms with Crippen LogP contribution in [0.3, 0.4) is 0 Å². The third-order valence-corrected chi connectivity index (χ3v) is 4.79. The SMILES string of the molecule is CC(C)S(=O)(=O)CCC(C)(CN)CO. The van der Waals surface area contributed by atoms with E-state index in [0.29, 0.717) is 13.0 Å². The molecule has 0 saturated heterocycles. The molecule has 0 aliphatic heterocycles. The lowest BCUT2D eigenvalue weighted by Crippen LogP contribution is -2.34. The molecule has 0 saturated carbocycles. The fraction of sp³-hybridized carbons (Fsp3) is 1.00. The van der Waals surface area contributed by atoms with Gasteiger partial charge in [-0.2, -0.15) is 0 Å². The Balaban J connectivity index is 4.31. The molecule has 0 spiro atoms. The number of hydrogen-bond donors (Lipinski definition) is 2. The van der Waals surface area contributed by atoms with Gasteiger partial charge < -0.3 is 10.8 Å². The van der Waals surface area contributed by atoms with Crippen molar-refractivity contribution in [3.05, 3.63) is 0 Å². The molecule has 0 aromatic heterocycles. The Hall–Kier alpha value is -0.130. The molecule has 0 aromatic rings. The molecule has 0 amide bonds. The van der Waals surface area contributed by atoms with Crippen LogP contribution in [-0.4, -0.2) is 37.7 Å². The Morgan fingerprint density at radius 2 is 1.93 bits per heavy atom. The zero-order chi connectivity index (χ0) is 11.4. The Morgan fingerprint density at radius 3 is 2.21 bits per heavy atom. The smallest absolute Gasteiger partial charge is 0.152 e. The molecule has 0 heterocycles. The maximum absolute atomic E-state index is 11.5. The lowest BCUT2D eigenvalue weighted by atomic mass is 9.89. The number of aliphatic hydroxyl groups excluding tert-OH is 1. The first-order valence-corrected chi connectivity index (χ1v) is 6.51. The second-order valence-electron chi connectivity index (χ2n) is 4.34. The van der Waals surface area contributed by atoms with Gasteiger partial charge in [0.15, 0.2) is 9.84 Å². The van der Waals surface area contributed by atoms with Crippen molar-refractivity contribution >= 4 is 9.84 Å². The van der Waals surface area contributed by atoms with Crippen LogP contribution < -0.4 is 5.73 Å². The highest BCUT2D eigenvalue weighted by molar-refractivity contribution is 7.91. The number of hydrogen-bond acceptors (Lipinski definition) is 4. The first kappa shape index (κ1) is 13.9. The molecule has 1 unspecified atom stereocenters. The zero-order valence-corrected chi connectivity index (χ0v) is 9.97. The van der Waals surface area contributed by atoms with E-state index >= 15 is 0 Å². The minimum atomic E-state index is -3.02. The monoisotopic (exact) mass is 223 g/mol. The first-order valence-electron chi connectivity index (χ1n) is 4.80. The van der Waals surface area contributed by atoms with Crippen LogP contribution in [0, 0.1) is 5.41 Å². The summed E-state index contributed by atoms with van der Waals surface area (Å²) in [6.07, 6.45) is 0.417. The fourth-order valence-corrected chi connectivity index (χ4v) is 2.12. The van der Waals surface area contributed by atoms with Gasteiger partial charge in [-0.25, -0.2) is 8.42 Å². The Bertz CT molecular complexity index is 255. The lowest BCUT2D eigenvalue weighted by Gasteiger charge is -2.25. The van der Waals surface area contributed by atoms with Gasteiger partial charge in [0.1, 0.15) is 0 Å². The molecule has 4 nitrogen and oxygen atoms in total. The van der Waals surface area contributed by atoms with Crippen LogP contribution in [0.5, 0.6) is 0 Å². The van der Waals surface area contributed by atoms with Crippen molar-refractivity contribution in [3.8, 4) is 0 Å². The van der Waals surface area contributed by atoms with Crippen LogP contribution in [-0.2, 0) is 9.84 Å². The van der Waals surface area contributed by atoms with Crippen molar-refractivity contribution in [2.45, 2.75) is 32.4 Å². The average molecular weight is 223 g/mol. The molecule has 86 valence electrons. The minimum absolute atomic E-state index is 0.0723. The van der Waals surface area contributed by atoms with Gasteiger partial charge in [0.2, 0.25) is 0 Å². The van der Waals surface area contributed by atoms with E-state index < -0.39 is 15.3 Å². The predicted octanol–water partition coefficient (Wildman–Crippen LogP) is 0.157. The van der Waals surface area contributed by atoms with Crippen molar-refractivity contribution in [1.29, 1.82) is 0 Å². The van der Waals surface area contributed by atoms with Gasteiger partial charge in [0.05, 0.1) is 11.0 Å². The second kappa shape index (κ2) is 5.09. The minimum Gasteiger partial charge on any atom is -0.396 e. The normalized spacial score (nSPS) is 17.0. The quantitative estimate of drug-likeness (QED) is 0.672. The number of rotatable bonds is 6. The predicted molar refractivity (Wildman–Crippen MR) is 57.8 cm³/mol. The van der Waals surface area contributed by atoms with Crippen molar-refractivity contribution in [2.75, 3.05) is 18.9 Å². The molecule has 0 fully saturated rings. The van der Waals surface area contributed by atoms with Crippen LogP contribution >= 0.6 is 0 Å². The summed E-state index contributed by atoms with van der Waals surface area (Å²) in [4.78, 5) is 0. The Kier molecular flexibility index (Phi) is 5.05. The molecule has 14 heavy (non-hydrogen) atoms. The molecule has 3 N–H and O–H groups in total. The van der Waals surface area contributed by atoms with Gasteiger partial charge in [-0.1, -0.05) is 6.92 Å². The topological polar surface area (TPSA) is 80.4 Å². The van der Waals surface area contributed by atoms with Crippen molar-refractivity contribution in [1.82, 2.24) is 0 Å². The van der Waals surface area contributed by atoms with E-state index in [-0.39, 0.29) is 17.6 Å². The molecule has 0 aliphatic carbocycles. The van der Waals surface area contributed by atoms with E-state index in [4.69, 9.17) is 10.8 Å². The molecular formula is C9H21NO3S. The standard InChI is InChI=1S/C9H21NO3S/c1-8(2)14(12,13)5-4-9(3,6-10)7-11/h8,11H,4-7,10H2,1-3H3. The van der Waals surface area contributed by atoms with E-state index in [1.807, 2.05) is 0 Å². The number of nitrogens with two attached hydrogens (primary N) is 1. The van der Waals surface area contributed by atoms with Gasteiger partial charge in [0, 0.05) is 12.0 Å². The van der Waals surface area contributed by atoms with E-state index in [1.165, 1.54) is 0 Å². The summed E-state index contributed by atoms with van der Waals surface area (Å²) in [5.74, 6) is 0.0962. The second-order valence-corrected chi connectivity index (χ2v) is 7.02. The Morgan fingerprint density at radius 1 is 1.43 bits per heavy atom. The molecule has 0 bridgehead atoms.